The monoisotopic (exact) mass is 320 g/mol. The standard InChI is InChI=1S/C16H17ClN2OS/c17-14-3-5-15(6-4-14)21-11-1-2-16(20)19-12-13-7-9-18-10-8-13/h3-10H,1-2,11-12H2,(H,19,20). The van der Waals surface area contributed by atoms with Gasteiger partial charge in [-0.15, -0.1) is 11.8 Å². The average Bonchev–Trinajstić information content (AvgIpc) is 2.52. The zero-order chi connectivity index (χ0) is 14.9. The molecule has 0 atom stereocenters. The smallest absolute Gasteiger partial charge is 0.220 e. The minimum Gasteiger partial charge on any atom is -0.352 e. The topological polar surface area (TPSA) is 42.0 Å². The zero-order valence-electron chi connectivity index (χ0n) is 11.6. The van der Waals surface area contributed by atoms with E-state index in [0.717, 1.165) is 22.8 Å². The van der Waals surface area contributed by atoms with Crippen LogP contribution in [0.4, 0.5) is 0 Å². The molecule has 110 valence electrons. The van der Waals surface area contributed by atoms with E-state index >= 15 is 0 Å². The maximum absolute atomic E-state index is 11.7. The van der Waals surface area contributed by atoms with Crippen LogP contribution in [0.2, 0.25) is 5.02 Å². The molecule has 1 N–H and O–H groups in total. The van der Waals surface area contributed by atoms with Gasteiger partial charge in [0.1, 0.15) is 0 Å². The Balaban J connectivity index is 1.60. The quantitative estimate of drug-likeness (QED) is 0.621. The summed E-state index contributed by atoms with van der Waals surface area (Å²) in [6, 6.07) is 11.6. The number of nitrogens with one attached hydrogen (secondary N) is 1. The van der Waals surface area contributed by atoms with Crippen LogP contribution in [-0.2, 0) is 11.3 Å². The highest BCUT2D eigenvalue weighted by molar-refractivity contribution is 7.99. The van der Waals surface area contributed by atoms with Crippen LogP contribution in [0.15, 0.2) is 53.7 Å². The molecule has 0 aliphatic rings. The molecule has 3 nitrogen and oxygen atoms in total. The highest BCUT2D eigenvalue weighted by atomic mass is 35.5. The highest BCUT2D eigenvalue weighted by Crippen LogP contribution is 2.21. The molecule has 2 aromatic rings. The Morgan fingerprint density at radius 1 is 1.14 bits per heavy atom. The van der Waals surface area contributed by atoms with E-state index in [2.05, 4.69) is 10.3 Å². The summed E-state index contributed by atoms with van der Waals surface area (Å²) in [5, 5.41) is 3.66. The van der Waals surface area contributed by atoms with Crippen LogP contribution in [0.3, 0.4) is 0 Å². The minimum absolute atomic E-state index is 0.0866. The van der Waals surface area contributed by atoms with Gasteiger partial charge in [0, 0.05) is 35.3 Å². The number of carbonyl (C=O) groups is 1. The molecule has 1 aromatic heterocycles. The van der Waals surface area contributed by atoms with Crippen molar-refractivity contribution >= 4 is 29.3 Å². The molecule has 0 spiro atoms. The van der Waals surface area contributed by atoms with Crippen molar-refractivity contribution in [2.24, 2.45) is 0 Å². The summed E-state index contributed by atoms with van der Waals surface area (Å²) in [4.78, 5) is 16.8. The third-order valence-corrected chi connectivity index (χ3v) is 4.22. The van der Waals surface area contributed by atoms with Gasteiger partial charge in [-0.3, -0.25) is 9.78 Å². The summed E-state index contributed by atoms with van der Waals surface area (Å²) in [6.07, 6.45) is 4.86. The van der Waals surface area contributed by atoms with Gasteiger partial charge in [0.15, 0.2) is 0 Å². The second-order valence-electron chi connectivity index (χ2n) is 4.54. The van der Waals surface area contributed by atoms with E-state index in [1.54, 1.807) is 24.2 Å². The number of hydrogen-bond acceptors (Lipinski definition) is 3. The van der Waals surface area contributed by atoms with Gasteiger partial charge in [0.05, 0.1) is 0 Å². The average molecular weight is 321 g/mol. The molecule has 0 aliphatic heterocycles. The number of carbonyl (C=O) groups excluding carboxylic acids is 1. The molecular weight excluding hydrogens is 304 g/mol. The molecule has 0 aliphatic carbocycles. The first kappa shape index (κ1) is 15.9. The third kappa shape index (κ3) is 6.19. The Hall–Kier alpha value is -1.52. The zero-order valence-corrected chi connectivity index (χ0v) is 13.2. The van der Waals surface area contributed by atoms with Gasteiger partial charge in [0.2, 0.25) is 5.91 Å². The van der Waals surface area contributed by atoms with E-state index in [-0.39, 0.29) is 5.91 Å². The SMILES string of the molecule is O=C(CCCSc1ccc(Cl)cc1)NCc1ccncc1. The number of thioether (sulfide) groups is 1. The molecular formula is C16H17ClN2OS. The van der Waals surface area contributed by atoms with Crippen LogP contribution < -0.4 is 5.32 Å². The van der Waals surface area contributed by atoms with Crippen molar-refractivity contribution in [2.75, 3.05) is 5.75 Å². The van der Waals surface area contributed by atoms with E-state index in [0.29, 0.717) is 13.0 Å². The van der Waals surface area contributed by atoms with Gasteiger partial charge < -0.3 is 5.32 Å². The molecule has 1 aromatic carbocycles. The lowest BCUT2D eigenvalue weighted by Gasteiger charge is -2.05. The normalized spacial score (nSPS) is 10.3. The first-order valence-corrected chi connectivity index (χ1v) is 8.14. The Bertz CT molecular complexity index is 560. The highest BCUT2D eigenvalue weighted by Gasteiger charge is 2.02. The summed E-state index contributed by atoms with van der Waals surface area (Å²) in [7, 11) is 0. The molecule has 0 saturated carbocycles. The maximum Gasteiger partial charge on any atom is 0.220 e. The molecule has 21 heavy (non-hydrogen) atoms. The molecule has 0 unspecified atom stereocenters. The predicted molar refractivity (Wildman–Crippen MR) is 87.5 cm³/mol. The molecule has 5 heteroatoms. The second-order valence-corrected chi connectivity index (χ2v) is 6.14. The van der Waals surface area contributed by atoms with Gasteiger partial charge >= 0.3 is 0 Å². The van der Waals surface area contributed by atoms with E-state index in [1.807, 2.05) is 36.4 Å². The van der Waals surface area contributed by atoms with Crippen molar-refractivity contribution in [1.82, 2.24) is 10.3 Å². The minimum atomic E-state index is 0.0866. The number of pyridine rings is 1. The van der Waals surface area contributed by atoms with E-state index in [1.165, 1.54) is 4.90 Å². The van der Waals surface area contributed by atoms with Crippen molar-refractivity contribution in [1.29, 1.82) is 0 Å². The fourth-order valence-corrected chi connectivity index (χ4v) is 2.72. The third-order valence-electron chi connectivity index (χ3n) is 2.87. The molecule has 1 heterocycles. The molecule has 0 fully saturated rings. The number of benzene rings is 1. The maximum atomic E-state index is 11.7. The van der Waals surface area contributed by atoms with Crippen LogP contribution in [0.1, 0.15) is 18.4 Å². The summed E-state index contributed by atoms with van der Waals surface area (Å²) in [6.45, 7) is 0.561. The van der Waals surface area contributed by atoms with Crippen LogP contribution in [0, 0.1) is 0 Å². The Morgan fingerprint density at radius 2 is 1.86 bits per heavy atom. The van der Waals surface area contributed by atoms with Crippen molar-refractivity contribution in [3.05, 3.63) is 59.4 Å². The summed E-state index contributed by atoms with van der Waals surface area (Å²) < 4.78 is 0. The lowest BCUT2D eigenvalue weighted by Crippen LogP contribution is -2.22. The van der Waals surface area contributed by atoms with E-state index in [9.17, 15) is 4.79 Å². The lowest BCUT2D eigenvalue weighted by atomic mass is 10.2. The number of amides is 1. The molecule has 0 bridgehead atoms. The Labute approximate surface area is 134 Å². The van der Waals surface area contributed by atoms with Crippen LogP contribution in [0.5, 0.6) is 0 Å². The Morgan fingerprint density at radius 3 is 2.57 bits per heavy atom. The number of rotatable bonds is 7. The van der Waals surface area contributed by atoms with E-state index in [4.69, 9.17) is 11.6 Å². The summed E-state index contributed by atoms with van der Waals surface area (Å²) in [5.74, 6) is 1.01. The van der Waals surface area contributed by atoms with Gasteiger partial charge in [0.25, 0.3) is 0 Å². The van der Waals surface area contributed by atoms with Crippen LogP contribution in [0.25, 0.3) is 0 Å². The number of hydrogen-bond donors (Lipinski definition) is 1. The fraction of sp³-hybridized carbons (Fsp3) is 0.250. The van der Waals surface area contributed by atoms with Crippen molar-refractivity contribution in [3.8, 4) is 0 Å². The number of aromatic nitrogens is 1. The van der Waals surface area contributed by atoms with Gasteiger partial charge in [-0.05, 0) is 54.1 Å². The predicted octanol–water partition coefficient (Wildman–Crippen LogP) is 3.92. The number of halogens is 1. The molecule has 2 rings (SSSR count). The fourth-order valence-electron chi connectivity index (χ4n) is 1.74. The summed E-state index contributed by atoms with van der Waals surface area (Å²) >= 11 is 7.57. The molecule has 0 radical (unpaired) electrons. The largest absolute Gasteiger partial charge is 0.352 e. The van der Waals surface area contributed by atoms with Gasteiger partial charge in [-0.25, -0.2) is 0 Å². The van der Waals surface area contributed by atoms with Crippen molar-refractivity contribution in [3.63, 3.8) is 0 Å². The van der Waals surface area contributed by atoms with Crippen LogP contribution >= 0.6 is 23.4 Å². The lowest BCUT2D eigenvalue weighted by molar-refractivity contribution is -0.121. The Kier molecular flexibility index (Phi) is 6.57. The second kappa shape index (κ2) is 8.70. The van der Waals surface area contributed by atoms with Crippen LogP contribution in [-0.4, -0.2) is 16.6 Å². The van der Waals surface area contributed by atoms with Crippen molar-refractivity contribution < 1.29 is 4.79 Å². The first-order valence-electron chi connectivity index (χ1n) is 6.78. The van der Waals surface area contributed by atoms with Crippen molar-refractivity contribution in [2.45, 2.75) is 24.3 Å². The first-order chi connectivity index (χ1) is 10.2. The van der Waals surface area contributed by atoms with Gasteiger partial charge in [-0.2, -0.15) is 0 Å². The van der Waals surface area contributed by atoms with Gasteiger partial charge in [-0.1, -0.05) is 11.6 Å². The van der Waals surface area contributed by atoms with E-state index < -0.39 is 0 Å². The number of nitrogens with zero attached hydrogens (tertiary/aromatic N) is 1. The summed E-state index contributed by atoms with van der Waals surface area (Å²) in [5.41, 5.74) is 1.06. The molecule has 0 saturated heterocycles. The molecule has 1 amide bonds.